The van der Waals surface area contributed by atoms with Crippen molar-refractivity contribution in [3.05, 3.63) is 53.4 Å². The molecule has 216 valence electrons. The molecule has 2 aromatic rings. The number of hydrogen-bond donors (Lipinski definition) is 3. The minimum Gasteiger partial charge on any atom is -0.381 e. The number of benzene rings is 1. The second-order valence-corrected chi connectivity index (χ2v) is 9.98. The van der Waals surface area contributed by atoms with Gasteiger partial charge < -0.3 is 25.4 Å². The fourth-order valence-electron chi connectivity index (χ4n) is 4.26. The zero-order valence-electron chi connectivity index (χ0n) is 24.8. The zero-order valence-corrected chi connectivity index (χ0v) is 24.8. The summed E-state index contributed by atoms with van der Waals surface area (Å²) >= 11 is 0. The molecule has 0 saturated heterocycles. The van der Waals surface area contributed by atoms with Crippen molar-refractivity contribution in [1.82, 2.24) is 20.6 Å². The van der Waals surface area contributed by atoms with E-state index in [9.17, 15) is 4.79 Å². The van der Waals surface area contributed by atoms with E-state index in [1.165, 1.54) is 0 Å². The summed E-state index contributed by atoms with van der Waals surface area (Å²) in [6, 6.07) is 7.41. The topological polar surface area (TPSA) is 97.4 Å². The van der Waals surface area contributed by atoms with Gasteiger partial charge in [-0.05, 0) is 82.2 Å². The zero-order chi connectivity index (χ0) is 28.5. The normalized spacial score (nSPS) is 13.0. The van der Waals surface area contributed by atoms with Crippen LogP contribution in [0.5, 0.6) is 0 Å². The van der Waals surface area contributed by atoms with Gasteiger partial charge in [0.15, 0.2) is 5.82 Å². The Bertz CT molecular complexity index is 1010. The predicted octanol–water partition coefficient (Wildman–Crippen LogP) is 6.12. The number of rotatable bonds is 18. The molecule has 0 fully saturated rings. The number of anilines is 1. The molecule has 1 heterocycles. The standard InChI is InChI=1S/C31H49N5O3/c1-7-12-23(4)24(5)20-32-21-27-28(13-10-11-19-39-18-8-2)35-30(36-29(27)22-38-6)25-14-16-26(17-15-25)34-31(37)33-9-3/h7,12,14-17,23-24,32H,8-11,13,18-22H2,1-6H3,(H2,33,34,37). The molecule has 2 rings (SSSR count). The van der Waals surface area contributed by atoms with Gasteiger partial charge in [0, 0.05) is 55.9 Å². The van der Waals surface area contributed by atoms with Crippen molar-refractivity contribution in [2.24, 2.45) is 11.8 Å². The van der Waals surface area contributed by atoms with Crippen molar-refractivity contribution in [3.63, 3.8) is 0 Å². The third kappa shape index (κ3) is 11.4. The number of amides is 2. The number of hydrogen-bond acceptors (Lipinski definition) is 6. The quantitative estimate of drug-likeness (QED) is 0.156. The average Bonchev–Trinajstić information content (AvgIpc) is 2.92. The molecule has 0 bridgehead atoms. The Kier molecular flexibility index (Phi) is 15.3. The molecule has 39 heavy (non-hydrogen) atoms. The first kappa shape index (κ1) is 32.4. The van der Waals surface area contributed by atoms with Gasteiger partial charge in [0.05, 0.1) is 12.3 Å². The van der Waals surface area contributed by atoms with Gasteiger partial charge in [-0.25, -0.2) is 14.8 Å². The summed E-state index contributed by atoms with van der Waals surface area (Å²) in [6.45, 7) is 14.8. The van der Waals surface area contributed by atoms with Crippen molar-refractivity contribution < 1.29 is 14.3 Å². The summed E-state index contributed by atoms with van der Waals surface area (Å²) < 4.78 is 11.3. The van der Waals surface area contributed by atoms with Gasteiger partial charge in [0.25, 0.3) is 0 Å². The summed E-state index contributed by atoms with van der Waals surface area (Å²) in [5, 5.41) is 9.23. The van der Waals surface area contributed by atoms with Crippen molar-refractivity contribution in [3.8, 4) is 11.4 Å². The van der Waals surface area contributed by atoms with Crippen LogP contribution in [0.2, 0.25) is 0 Å². The average molecular weight is 540 g/mol. The lowest BCUT2D eigenvalue weighted by molar-refractivity contribution is 0.131. The van der Waals surface area contributed by atoms with Crippen LogP contribution in [0.1, 0.15) is 70.8 Å². The number of carbonyl (C=O) groups excluding carboxylic acids is 1. The number of urea groups is 1. The van der Waals surface area contributed by atoms with Crippen molar-refractivity contribution in [2.75, 3.05) is 38.7 Å². The summed E-state index contributed by atoms with van der Waals surface area (Å²) in [4.78, 5) is 21.8. The Morgan fingerprint density at radius 2 is 1.79 bits per heavy atom. The maximum atomic E-state index is 11.9. The number of nitrogens with zero attached hydrogens (tertiary/aromatic N) is 2. The van der Waals surface area contributed by atoms with E-state index >= 15 is 0 Å². The molecule has 0 aliphatic rings. The molecular formula is C31H49N5O3. The summed E-state index contributed by atoms with van der Waals surface area (Å²) in [5.41, 5.74) is 4.70. The van der Waals surface area contributed by atoms with Gasteiger partial charge >= 0.3 is 6.03 Å². The van der Waals surface area contributed by atoms with Gasteiger partial charge in [0.2, 0.25) is 0 Å². The summed E-state index contributed by atoms with van der Waals surface area (Å²) in [5.74, 6) is 1.69. The number of carbonyl (C=O) groups is 1. The molecule has 0 aliphatic carbocycles. The van der Waals surface area contributed by atoms with Crippen LogP contribution in [0.4, 0.5) is 10.5 Å². The first-order chi connectivity index (χ1) is 18.9. The maximum Gasteiger partial charge on any atom is 0.319 e. The highest BCUT2D eigenvalue weighted by atomic mass is 16.5. The van der Waals surface area contributed by atoms with Gasteiger partial charge in [0.1, 0.15) is 0 Å². The Morgan fingerprint density at radius 1 is 1.05 bits per heavy atom. The molecule has 3 N–H and O–H groups in total. The minimum absolute atomic E-state index is 0.222. The van der Waals surface area contributed by atoms with Crippen molar-refractivity contribution >= 4 is 11.7 Å². The second kappa shape index (κ2) is 18.5. The van der Waals surface area contributed by atoms with E-state index in [4.69, 9.17) is 19.4 Å². The van der Waals surface area contributed by atoms with E-state index in [0.29, 0.717) is 37.4 Å². The highest BCUT2D eigenvalue weighted by Crippen LogP contribution is 2.23. The van der Waals surface area contributed by atoms with E-state index < -0.39 is 0 Å². The highest BCUT2D eigenvalue weighted by molar-refractivity contribution is 5.89. The first-order valence-corrected chi connectivity index (χ1v) is 14.4. The van der Waals surface area contributed by atoms with E-state index in [2.05, 4.69) is 55.8 Å². The third-order valence-electron chi connectivity index (χ3n) is 6.66. The fraction of sp³-hybridized carbons (Fsp3) is 0.581. The van der Waals surface area contributed by atoms with E-state index in [1.54, 1.807) is 7.11 Å². The van der Waals surface area contributed by atoms with Crippen LogP contribution in [0.3, 0.4) is 0 Å². The van der Waals surface area contributed by atoms with Crippen LogP contribution in [0.15, 0.2) is 36.4 Å². The third-order valence-corrected chi connectivity index (χ3v) is 6.66. The SMILES string of the molecule is CC=CC(C)C(C)CNCc1c(CCCCOCCC)nc(-c2ccc(NC(=O)NCC)cc2)nc1COC. The molecule has 1 aromatic heterocycles. The molecule has 2 unspecified atom stereocenters. The molecule has 0 aliphatic heterocycles. The van der Waals surface area contributed by atoms with Crippen LogP contribution >= 0.6 is 0 Å². The second-order valence-electron chi connectivity index (χ2n) is 9.98. The fourth-order valence-corrected chi connectivity index (χ4v) is 4.26. The van der Waals surface area contributed by atoms with E-state index in [1.807, 2.05) is 31.2 Å². The summed E-state index contributed by atoms with van der Waals surface area (Å²) in [7, 11) is 1.70. The smallest absolute Gasteiger partial charge is 0.319 e. The van der Waals surface area contributed by atoms with Crippen LogP contribution in [0, 0.1) is 11.8 Å². The van der Waals surface area contributed by atoms with Crippen LogP contribution in [-0.2, 0) is 29.0 Å². The summed E-state index contributed by atoms with van der Waals surface area (Å²) in [6.07, 6.45) is 8.24. The number of ether oxygens (including phenoxy) is 2. The minimum atomic E-state index is -0.222. The number of unbranched alkanes of at least 4 members (excludes halogenated alkanes) is 1. The monoisotopic (exact) mass is 539 g/mol. The van der Waals surface area contributed by atoms with E-state index in [0.717, 1.165) is 73.6 Å². The van der Waals surface area contributed by atoms with Crippen LogP contribution in [0.25, 0.3) is 11.4 Å². The van der Waals surface area contributed by atoms with Gasteiger partial charge in [-0.1, -0.05) is 32.9 Å². The molecule has 8 nitrogen and oxygen atoms in total. The molecule has 2 atom stereocenters. The van der Waals surface area contributed by atoms with Crippen LogP contribution < -0.4 is 16.0 Å². The highest BCUT2D eigenvalue weighted by Gasteiger charge is 2.17. The van der Waals surface area contributed by atoms with Crippen molar-refractivity contribution in [1.29, 1.82) is 0 Å². The number of aryl methyl sites for hydroxylation is 1. The number of methoxy groups -OCH3 is 1. The molecule has 1 aromatic carbocycles. The molecule has 0 saturated carbocycles. The molecular weight excluding hydrogens is 490 g/mol. The molecule has 2 amide bonds. The van der Waals surface area contributed by atoms with E-state index in [-0.39, 0.29) is 6.03 Å². The Labute approximate surface area is 235 Å². The molecule has 0 spiro atoms. The van der Waals surface area contributed by atoms with Crippen molar-refractivity contribution in [2.45, 2.75) is 73.5 Å². The number of aromatic nitrogens is 2. The Morgan fingerprint density at radius 3 is 2.46 bits per heavy atom. The van der Waals surface area contributed by atoms with Crippen LogP contribution in [-0.4, -0.2) is 49.4 Å². The molecule has 8 heteroatoms. The van der Waals surface area contributed by atoms with Gasteiger partial charge in [-0.15, -0.1) is 0 Å². The lowest BCUT2D eigenvalue weighted by atomic mass is 9.95. The Balaban J connectivity index is 2.28. The molecule has 0 radical (unpaired) electrons. The lowest BCUT2D eigenvalue weighted by Gasteiger charge is -2.20. The number of allylic oxidation sites excluding steroid dienone is 2. The first-order valence-electron chi connectivity index (χ1n) is 14.4. The van der Waals surface area contributed by atoms with Gasteiger partial charge in [-0.3, -0.25) is 0 Å². The lowest BCUT2D eigenvalue weighted by Crippen LogP contribution is -2.28. The Hall–Kier alpha value is -2.81. The maximum absolute atomic E-state index is 11.9. The number of nitrogens with one attached hydrogen (secondary N) is 3. The predicted molar refractivity (Wildman–Crippen MR) is 160 cm³/mol. The largest absolute Gasteiger partial charge is 0.381 e. The van der Waals surface area contributed by atoms with Gasteiger partial charge in [-0.2, -0.15) is 0 Å².